The van der Waals surface area contributed by atoms with Gasteiger partial charge in [-0.25, -0.2) is 0 Å². The molecule has 1 aliphatic rings. The third-order valence-corrected chi connectivity index (χ3v) is 4.17. The van der Waals surface area contributed by atoms with Crippen molar-refractivity contribution in [2.24, 2.45) is 0 Å². The minimum absolute atomic E-state index is 0.0174. The third kappa shape index (κ3) is 4.03. The molecule has 27 heavy (non-hydrogen) atoms. The van der Waals surface area contributed by atoms with Gasteiger partial charge in [0.15, 0.2) is 6.61 Å². The second kappa shape index (κ2) is 7.82. The number of carbonyl (C=O) groups excluding carboxylic acids is 2. The Balaban J connectivity index is 1.73. The number of likely N-dealkylation sites (N-methyl/N-ethyl adjacent to an activating group) is 1. The molecule has 0 aromatic heterocycles. The molecule has 140 valence electrons. The van der Waals surface area contributed by atoms with Gasteiger partial charge in [-0.05, 0) is 36.4 Å². The van der Waals surface area contributed by atoms with Gasteiger partial charge in [-0.3, -0.25) is 9.59 Å². The molecule has 3 rings (SSSR count). The van der Waals surface area contributed by atoms with Crippen molar-refractivity contribution >= 4 is 29.3 Å². The summed E-state index contributed by atoms with van der Waals surface area (Å²) in [5, 5.41) is 2.77. The number of rotatable bonds is 5. The van der Waals surface area contributed by atoms with E-state index in [4.69, 9.17) is 14.2 Å². The number of nitrogens with zero attached hydrogens (tertiary/aromatic N) is 1. The zero-order chi connectivity index (χ0) is 19.4. The average molecular weight is 368 g/mol. The van der Waals surface area contributed by atoms with Gasteiger partial charge in [0.05, 0.1) is 19.9 Å². The van der Waals surface area contributed by atoms with Gasteiger partial charge in [-0.1, -0.05) is 0 Å². The minimum Gasteiger partial charge on any atom is -0.497 e. The Hall–Kier alpha value is -3.48. The molecule has 0 spiro atoms. The lowest BCUT2D eigenvalue weighted by Gasteiger charge is -2.26. The molecular formula is C20H20N2O5. The van der Waals surface area contributed by atoms with E-state index in [-0.39, 0.29) is 18.4 Å². The first-order valence-corrected chi connectivity index (χ1v) is 8.26. The van der Waals surface area contributed by atoms with E-state index in [1.807, 2.05) is 0 Å². The molecule has 0 saturated heterocycles. The molecule has 7 heteroatoms. The molecule has 1 aliphatic heterocycles. The second-order valence-corrected chi connectivity index (χ2v) is 5.85. The van der Waals surface area contributed by atoms with Gasteiger partial charge in [0.1, 0.15) is 17.2 Å². The lowest BCUT2D eigenvalue weighted by molar-refractivity contribution is -0.121. The van der Waals surface area contributed by atoms with Crippen LogP contribution in [0.15, 0.2) is 42.5 Å². The van der Waals surface area contributed by atoms with E-state index in [0.29, 0.717) is 28.6 Å². The SMILES string of the molecule is COc1ccc(OC)c(/C=C/C(=O)Nc2ccc3c(c2)OCC(=O)N3C)c1. The summed E-state index contributed by atoms with van der Waals surface area (Å²) >= 11 is 0. The van der Waals surface area contributed by atoms with Crippen LogP contribution >= 0.6 is 0 Å². The highest BCUT2D eigenvalue weighted by atomic mass is 16.5. The fourth-order valence-electron chi connectivity index (χ4n) is 2.67. The Morgan fingerprint density at radius 1 is 1.19 bits per heavy atom. The predicted octanol–water partition coefficient (Wildman–Crippen LogP) is 2.71. The van der Waals surface area contributed by atoms with Crippen LogP contribution in [0.5, 0.6) is 17.2 Å². The van der Waals surface area contributed by atoms with E-state index < -0.39 is 0 Å². The van der Waals surface area contributed by atoms with Crippen LogP contribution in [0.3, 0.4) is 0 Å². The molecule has 7 nitrogen and oxygen atoms in total. The maximum atomic E-state index is 12.2. The number of ether oxygens (including phenoxy) is 3. The monoisotopic (exact) mass is 368 g/mol. The van der Waals surface area contributed by atoms with E-state index in [1.165, 1.54) is 11.0 Å². The summed E-state index contributed by atoms with van der Waals surface area (Å²) < 4.78 is 15.9. The van der Waals surface area contributed by atoms with Crippen LogP contribution in [0.2, 0.25) is 0 Å². The van der Waals surface area contributed by atoms with Gasteiger partial charge in [-0.15, -0.1) is 0 Å². The predicted molar refractivity (Wildman–Crippen MR) is 103 cm³/mol. The lowest BCUT2D eigenvalue weighted by atomic mass is 10.1. The van der Waals surface area contributed by atoms with Gasteiger partial charge < -0.3 is 24.4 Å². The number of anilines is 2. The zero-order valence-electron chi connectivity index (χ0n) is 15.3. The van der Waals surface area contributed by atoms with E-state index in [2.05, 4.69) is 5.32 Å². The summed E-state index contributed by atoms with van der Waals surface area (Å²) in [4.78, 5) is 25.4. The van der Waals surface area contributed by atoms with Crippen molar-refractivity contribution in [1.82, 2.24) is 0 Å². The third-order valence-electron chi connectivity index (χ3n) is 4.17. The number of carbonyl (C=O) groups is 2. The smallest absolute Gasteiger partial charge is 0.264 e. The molecule has 0 fully saturated rings. The van der Waals surface area contributed by atoms with Gasteiger partial charge in [0, 0.05) is 30.4 Å². The van der Waals surface area contributed by atoms with Crippen molar-refractivity contribution in [3.05, 3.63) is 48.0 Å². The lowest BCUT2D eigenvalue weighted by Crippen LogP contribution is -2.35. The summed E-state index contributed by atoms with van der Waals surface area (Å²) in [7, 11) is 4.82. The van der Waals surface area contributed by atoms with Crippen LogP contribution in [-0.2, 0) is 9.59 Å². The largest absolute Gasteiger partial charge is 0.497 e. The number of methoxy groups -OCH3 is 2. The summed E-state index contributed by atoms with van der Waals surface area (Å²) in [5.74, 6) is 1.43. The fourth-order valence-corrected chi connectivity index (χ4v) is 2.67. The summed E-state index contributed by atoms with van der Waals surface area (Å²) in [6, 6.07) is 10.5. The van der Waals surface area contributed by atoms with Crippen LogP contribution in [0.4, 0.5) is 11.4 Å². The zero-order valence-corrected chi connectivity index (χ0v) is 15.3. The maximum absolute atomic E-state index is 12.2. The minimum atomic E-state index is -0.305. The summed E-state index contributed by atoms with van der Waals surface area (Å²) in [6.45, 7) is -0.0174. The number of benzene rings is 2. The maximum Gasteiger partial charge on any atom is 0.264 e. The Morgan fingerprint density at radius 3 is 2.74 bits per heavy atom. The number of nitrogens with one attached hydrogen (secondary N) is 1. The van der Waals surface area contributed by atoms with Crippen LogP contribution in [-0.4, -0.2) is 39.7 Å². The fraction of sp³-hybridized carbons (Fsp3) is 0.200. The van der Waals surface area contributed by atoms with Crippen molar-refractivity contribution in [3.8, 4) is 17.2 Å². The first-order valence-electron chi connectivity index (χ1n) is 8.26. The highest BCUT2D eigenvalue weighted by Gasteiger charge is 2.22. The Kier molecular flexibility index (Phi) is 5.30. The summed E-state index contributed by atoms with van der Waals surface area (Å²) in [5.41, 5.74) is 1.96. The molecule has 0 bridgehead atoms. The Labute approximate surface area is 157 Å². The summed E-state index contributed by atoms with van der Waals surface area (Å²) in [6.07, 6.45) is 3.06. The molecule has 0 unspecified atom stereocenters. The number of hydrogen-bond acceptors (Lipinski definition) is 5. The second-order valence-electron chi connectivity index (χ2n) is 5.85. The highest BCUT2D eigenvalue weighted by Crippen LogP contribution is 2.33. The van der Waals surface area contributed by atoms with Crippen LogP contribution < -0.4 is 24.4 Å². The molecule has 2 amide bonds. The molecular weight excluding hydrogens is 348 g/mol. The molecule has 1 N–H and O–H groups in total. The van der Waals surface area contributed by atoms with E-state index in [1.54, 1.807) is 63.7 Å². The molecule has 0 saturated carbocycles. The molecule has 2 aromatic rings. The topological polar surface area (TPSA) is 77.1 Å². The van der Waals surface area contributed by atoms with Crippen molar-refractivity contribution in [2.75, 3.05) is 38.1 Å². The van der Waals surface area contributed by atoms with Crippen LogP contribution in [0.25, 0.3) is 6.08 Å². The van der Waals surface area contributed by atoms with Gasteiger partial charge in [-0.2, -0.15) is 0 Å². The van der Waals surface area contributed by atoms with Gasteiger partial charge >= 0.3 is 0 Å². The van der Waals surface area contributed by atoms with E-state index >= 15 is 0 Å². The molecule has 0 atom stereocenters. The van der Waals surface area contributed by atoms with Crippen molar-refractivity contribution in [1.29, 1.82) is 0 Å². The van der Waals surface area contributed by atoms with Crippen LogP contribution in [0, 0.1) is 0 Å². The van der Waals surface area contributed by atoms with Gasteiger partial charge in [0.2, 0.25) is 5.91 Å². The number of fused-ring (bicyclic) bond motifs is 1. The standard InChI is InChI=1S/C20H20N2O5/c1-22-16-7-5-14(11-18(16)27-12-20(22)24)21-19(23)9-4-13-10-15(25-2)6-8-17(13)26-3/h4-11H,12H2,1-3H3,(H,21,23)/b9-4+. The molecule has 0 radical (unpaired) electrons. The first-order chi connectivity index (χ1) is 13.0. The molecule has 2 aromatic carbocycles. The van der Waals surface area contributed by atoms with Crippen LogP contribution in [0.1, 0.15) is 5.56 Å². The average Bonchev–Trinajstić information content (AvgIpc) is 2.69. The Bertz CT molecular complexity index is 907. The first kappa shape index (κ1) is 18.3. The highest BCUT2D eigenvalue weighted by molar-refractivity contribution is 6.03. The van der Waals surface area contributed by atoms with Crippen molar-refractivity contribution in [3.63, 3.8) is 0 Å². The normalized spacial score (nSPS) is 13.1. The van der Waals surface area contributed by atoms with Crippen molar-refractivity contribution < 1.29 is 23.8 Å². The number of hydrogen-bond donors (Lipinski definition) is 1. The quantitative estimate of drug-likeness (QED) is 0.821. The van der Waals surface area contributed by atoms with E-state index in [9.17, 15) is 9.59 Å². The van der Waals surface area contributed by atoms with Crippen molar-refractivity contribution in [2.45, 2.75) is 0 Å². The van der Waals surface area contributed by atoms with E-state index in [0.717, 1.165) is 5.56 Å². The Morgan fingerprint density at radius 2 is 2.00 bits per heavy atom. The van der Waals surface area contributed by atoms with Gasteiger partial charge in [0.25, 0.3) is 5.91 Å². The molecule has 0 aliphatic carbocycles. The number of amides is 2. The molecule has 1 heterocycles.